The Labute approximate surface area is 146 Å². The van der Waals surface area contributed by atoms with E-state index in [0.29, 0.717) is 0 Å². The monoisotopic (exact) mass is 319 g/mol. The number of fused-ring (bicyclic) bond motifs is 1. The Bertz CT molecular complexity index is 484. The van der Waals surface area contributed by atoms with Gasteiger partial charge in [0.2, 0.25) is 0 Å². The lowest BCUT2D eigenvalue weighted by Gasteiger charge is -2.29. The summed E-state index contributed by atoms with van der Waals surface area (Å²) in [5.41, 5.74) is 7.71. The van der Waals surface area contributed by atoms with Gasteiger partial charge in [-0.2, -0.15) is 0 Å². The lowest BCUT2D eigenvalue weighted by molar-refractivity contribution is 0.521. The molecule has 2 rings (SSSR count). The Hall–Kier alpha value is -0.850. The van der Waals surface area contributed by atoms with E-state index in [1.54, 1.807) is 11.1 Å². The van der Waals surface area contributed by atoms with Crippen molar-refractivity contribution in [3.8, 4) is 0 Å². The van der Waals surface area contributed by atoms with Gasteiger partial charge in [-0.3, -0.25) is 4.98 Å². The summed E-state index contributed by atoms with van der Waals surface area (Å²) in [7, 11) is 0. The largest absolute Gasteiger partial charge is 0.256 e. The van der Waals surface area contributed by atoms with E-state index >= 15 is 0 Å². The SMILES string of the molecule is CC.CC.CCc1c(C(C)(C)C)nc(C(C)(C)C)c2c1CCC2. The van der Waals surface area contributed by atoms with Crippen LogP contribution in [0.3, 0.4) is 0 Å². The third kappa shape index (κ3) is 5.06. The fourth-order valence-corrected chi connectivity index (χ4v) is 3.35. The molecular formula is C22H41N. The van der Waals surface area contributed by atoms with Crippen molar-refractivity contribution in [2.24, 2.45) is 0 Å². The highest BCUT2D eigenvalue weighted by atomic mass is 14.8. The van der Waals surface area contributed by atoms with Crippen molar-refractivity contribution < 1.29 is 0 Å². The molecule has 0 amide bonds. The first kappa shape index (κ1) is 22.1. The molecule has 0 saturated carbocycles. The summed E-state index contributed by atoms with van der Waals surface area (Å²) in [6.07, 6.45) is 4.91. The number of nitrogens with zero attached hydrogens (tertiary/aromatic N) is 1. The summed E-state index contributed by atoms with van der Waals surface area (Å²) in [4.78, 5) is 5.16. The van der Waals surface area contributed by atoms with E-state index in [1.165, 1.54) is 36.2 Å². The van der Waals surface area contributed by atoms with Gasteiger partial charge in [0.1, 0.15) is 0 Å². The van der Waals surface area contributed by atoms with E-state index in [4.69, 9.17) is 4.98 Å². The molecule has 0 radical (unpaired) electrons. The predicted octanol–water partition coefficient (Wildman–Crippen LogP) is 6.78. The summed E-state index contributed by atoms with van der Waals surface area (Å²) in [5.74, 6) is 0. The van der Waals surface area contributed by atoms with E-state index in [1.807, 2.05) is 27.7 Å². The van der Waals surface area contributed by atoms with Crippen molar-refractivity contribution in [3.63, 3.8) is 0 Å². The average molecular weight is 320 g/mol. The minimum atomic E-state index is 0.142. The second-order valence-corrected chi connectivity index (χ2v) is 7.95. The molecule has 1 aliphatic carbocycles. The molecule has 1 heterocycles. The van der Waals surface area contributed by atoms with Gasteiger partial charge in [0, 0.05) is 22.2 Å². The van der Waals surface area contributed by atoms with Gasteiger partial charge in [-0.1, -0.05) is 76.2 Å². The summed E-state index contributed by atoms with van der Waals surface area (Å²) >= 11 is 0. The van der Waals surface area contributed by atoms with Crippen LogP contribution in [0.25, 0.3) is 0 Å². The fourth-order valence-electron chi connectivity index (χ4n) is 3.35. The van der Waals surface area contributed by atoms with E-state index in [9.17, 15) is 0 Å². The number of aromatic nitrogens is 1. The van der Waals surface area contributed by atoms with E-state index in [0.717, 1.165) is 6.42 Å². The molecule has 0 unspecified atom stereocenters. The van der Waals surface area contributed by atoms with Gasteiger partial charge in [-0.25, -0.2) is 0 Å². The Kier molecular flexibility index (Phi) is 8.52. The van der Waals surface area contributed by atoms with Crippen LogP contribution in [-0.2, 0) is 30.1 Å². The molecule has 134 valence electrons. The van der Waals surface area contributed by atoms with Crippen molar-refractivity contribution >= 4 is 0 Å². The van der Waals surface area contributed by atoms with Gasteiger partial charge in [-0.15, -0.1) is 0 Å². The molecule has 0 fully saturated rings. The minimum Gasteiger partial charge on any atom is -0.256 e. The van der Waals surface area contributed by atoms with Gasteiger partial charge in [0.25, 0.3) is 0 Å². The van der Waals surface area contributed by atoms with Crippen LogP contribution in [0.15, 0.2) is 0 Å². The lowest BCUT2D eigenvalue weighted by Crippen LogP contribution is -2.24. The van der Waals surface area contributed by atoms with Crippen LogP contribution in [-0.4, -0.2) is 4.98 Å². The number of rotatable bonds is 1. The van der Waals surface area contributed by atoms with Gasteiger partial charge in [0.15, 0.2) is 0 Å². The summed E-state index contributed by atoms with van der Waals surface area (Å²) in [6.45, 7) is 24.1. The first-order valence-corrected chi connectivity index (χ1v) is 9.71. The molecule has 1 heteroatoms. The highest BCUT2D eigenvalue weighted by molar-refractivity contribution is 5.47. The van der Waals surface area contributed by atoms with Crippen LogP contribution < -0.4 is 0 Å². The molecule has 0 bridgehead atoms. The number of hydrogen-bond donors (Lipinski definition) is 0. The van der Waals surface area contributed by atoms with E-state index < -0.39 is 0 Å². The molecule has 0 atom stereocenters. The molecule has 1 aromatic heterocycles. The quantitative estimate of drug-likeness (QED) is 0.556. The number of hydrogen-bond acceptors (Lipinski definition) is 1. The predicted molar refractivity (Wildman–Crippen MR) is 106 cm³/mol. The topological polar surface area (TPSA) is 12.9 Å². The van der Waals surface area contributed by atoms with Crippen LogP contribution in [0.1, 0.15) is 111 Å². The summed E-state index contributed by atoms with van der Waals surface area (Å²) in [5, 5.41) is 0. The Balaban J connectivity index is 0.00000112. The fraction of sp³-hybridized carbons (Fsp3) is 0.773. The van der Waals surface area contributed by atoms with Crippen molar-refractivity contribution in [2.45, 2.75) is 113 Å². The van der Waals surface area contributed by atoms with Gasteiger partial charge in [0.05, 0.1) is 0 Å². The normalized spacial score (nSPS) is 13.5. The molecular weight excluding hydrogens is 278 g/mol. The Morgan fingerprint density at radius 1 is 0.739 bits per heavy atom. The second-order valence-electron chi connectivity index (χ2n) is 7.95. The van der Waals surface area contributed by atoms with Crippen LogP contribution in [0.2, 0.25) is 0 Å². The molecule has 0 spiro atoms. The smallest absolute Gasteiger partial charge is 0.0495 e. The average Bonchev–Trinajstić information content (AvgIpc) is 2.96. The minimum absolute atomic E-state index is 0.142. The Morgan fingerprint density at radius 3 is 1.57 bits per heavy atom. The Morgan fingerprint density at radius 2 is 1.17 bits per heavy atom. The van der Waals surface area contributed by atoms with Crippen molar-refractivity contribution in [2.75, 3.05) is 0 Å². The van der Waals surface area contributed by atoms with Crippen LogP contribution in [0, 0.1) is 0 Å². The van der Waals surface area contributed by atoms with Crippen molar-refractivity contribution in [1.82, 2.24) is 4.98 Å². The molecule has 0 aromatic carbocycles. The maximum Gasteiger partial charge on any atom is 0.0495 e. The first-order chi connectivity index (χ1) is 10.7. The van der Waals surface area contributed by atoms with Crippen LogP contribution >= 0.6 is 0 Å². The molecule has 23 heavy (non-hydrogen) atoms. The highest BCUT2D eigenvalue weighted by Crippen LogP contribution is 2.38. The van der Waals surface area contributed by atoms with Gasteiger partial charge >= 0.3 is 0 Å². The zero-order valence-electron chi connectivity index (χ0n) is 17.8. The van der Waals surface area contributed by atoms with E-state index in [2.05, 4.69) is 48.5 Å². The van der Waals surface area contributed by atoms with Gasteiger partial charge in [-0.05, 0) is 42.4 Å². The maximum absolute atomic E-state index is 5.16. The standard InChI is InChI=1S/C18H29N.2C2H6/c1-8-12-13-10-9-11-14(13)16(18(5,6)7)19-15(12)17(2,3)4;2*1-2/h8-11H2,1-7H3;2*1-2H3. The molecule has 1 nitrogen and oxygen atoms in total. The van der Waals surface area contributed by atoms with Crippen molar-refractivity contribution in [1.29, 1.82) is 0 Å². The first-order valence-electron chi connectivity index (χ1n) is 9.71. The van der Waals surface area contributed by atoms with E-state index in [-0.39, 0.29) is 10.8 Å². The third-order valence-electron chi connectivity index (χ3n) is 4.15. The second kappa shape index (κ2) is 8.85. The molecule has 0 N–H and O–H groups in total. The third-order valence-corrected chi connectivity index (χ3v) is 4.15. The lowest BCUT2D eigenvalue weighted by atomic mass is 9.80. The molecule has 1 aromatic rings. The summed E-state index contributed by atoms with van der Waals surface area (Å²) in [6, 6.07) is 0. The molecule has 1 aliphatic rings. The molecule has 0 aliphatic heterocycles. The highest BCUT2D eigenvalue weighted by Gasteiger charge is 2.31. The zero-order valence-corrected chi connectivity index (χ0v) is 17.8. The van der Waals surface area contributed by atoms with Gasteiger partial charge < -0.3 is 0 Å². The van der Waals surface area contributed by atoms with Crippen LogP contribution in [0.4, 0.5) is 0 Å². The zero-order chi connectivity index (χ0) is 18.4. The number of pyridine rings is 1. The summed E-state index contributed by atoms with van der Waals surface area (Å²) < 4.78 is 0. The maximum atomic E-state index is 5.16. The van der Waals surface area contributed by atoms with Crippen LogP contribution in [0.5, 0.6) is 0 Å². The molecule has 0 saturated heterocycles. The van der Waals surface area contributed by atoms with Crippen molar-refractivity contribution in [3.05, 3.63) is 28.1 Å².